The largest absolute Gasteiger partial charge is 0.261 e. The molecule has 1 saturated carbocycles. The van der Waals surface area contributed by atoms with Gasteiger partial charge in [-0.15, -0.1) is 0 Å². The quantitative estimate of drug-likeness (QED) is 0.676. The molecule has 72 valence electrons. The first-order chi connectivity index (χ1) is 6.81. The Morgan fingerprint density at radius 1 is 1.43 bits per heavy atom. The second kappa shape index (κ2) is 3.79. The van der Waals surface area contributed by atoms with Gasteiger partial charge in [0.15, 0.2) is 0 Å². The van der Waals surface area contributed by atoms with E-state index in [1.165, 1.54) is 25.7 Å². The van der Waals surface area contributed by atoms with Crippen molar-refractivity contribution in [3.8, 4) is 6.07 Å². The van der Waals surface area contributed by atoms with Gasteiger partial charge in [0.1, 0.15) is 0 Å². The summed E-state index contributed by atoms with van der Waals surface area (Å²) in [6, 6.07) is 4.17. The van der Waals surface area contributed by atoms with E-state index in [9.17, 15) is 0 Å². The lowest BCUT2D eigenvalue weighted by Gasteiger charge is -2.10. The maximum Gasteiger partial charge on any atom is 0.0995 e. The molecule has 0 bridgehead atoms. The molecule has 2 rings (SSSR count). The van der Waals surface area contributed by atoms with Crippen LogP contribution in [0.25, 0.3) is 0 Å². The van der Waals surface area contributed by atoms with Gasteiger partial charge in [0.05, 0.1) is 11.6 Å². The molecule has 14 heavy (non-hydrogen) atoms. The summed E-state index contributed by atoms with van der Waals surface area (Å²) < 4.78 is 0. The molecule has 0 atom stereocenters. The second-order valence-electron chi connectivity index (χ2n) is 4.01. The summed E-state index contributed by atoms with van der Waals surface area (Å²) in [6.45, 7) is 1.93. The number of hydrogen-bond acceptors (Lipinski definition) is 2. The highest BCUT2D eigenvalue weighted by atomic mass is 14.7. The van der Waals surface area contributed by atoms with Crippen molar-refractivity contribution in [1.29, 1.82) is 5.26 Å². The van der Waals surface area contributed by atoms with E-state index in [1.807, 2.05) is 19.2 Å². The van der Waals surface area contributed by atoms with Gasteiger partial charge in [-0.3, -0.25) is 4.98 Å². The molecule has 0 aliphatic heterocycles. The van der Waals surface area contributed by atoms with Crippen molar-refractivity contribution < 1.29 is 0 Å². The lowest BCUT2D eigenvalue weighted by Crippen LogP contribution is -1.98. The number of hydrogen-bond donors (Lipinski definition) is 0. The summed E-state index contributed by atoms with van der Waals surface area (Å²) in [6.07, 6.45) is 6.93. The van der Waals surface area contributed by atoms with E-state index in [-0.39, 0.29) is 0 Å². The van der Waals surface area contributed by atoms with E-state index in [0.29, 0.717) is 5.92 Å². The molecule has 1 aliphatic carbocycles. The molecule has 1 aromatic heterocycles. The molecule has 0 aromatic carbocycles. The van der Waals surface area contributed by atoms with Crippen molar-refractivity contribution in [1.82, 2.24) is 4.98 Å². The zero-order valence-corrected chi connectivity index (χ0v) is 8.45. The lowest BCUT2D eigenvalue weighted by atomic mass is 9.95. The van der Waals surface area contributed by atoms with Crippen LogP contribution in [0.2, 0.25) is 0 Å². The lowest BCUT2D eigenvalue weighted by molar-refractivity contribution is 0.716. The zero-order valence-electron chi connectivity index (χ0n) is 8.45. The molecule has 0 saturated heterocycles. The first kappa shape index (κ1) is 9.21. The smallest absolute Gasteiger partial charge is 0.0995 e. The average molecular weight is 186 g/mol. The van der Waals surface area contributed by atoms with Gasteiger partial charge in [0, 0.05) is 11.9 Å². The fraction of sp³-hybridized carbons (Fsp3) is 0.500. The predicted molar refractivity (Wildman–Crippen MR) is 54.9 cm³/mol. The van der Waals surface area contributed by atoms with Crippen molar-refractivity contribution in [3.05, 3.63) is 29.1 Å². The molecular formula is C12H14N2. The Labute approximate surface area is 84.6 Å². The van der Waals surface area contributed by atoms with E-state index in [4.69, 9.17) is 5.26 Å². The molecule has 0 spiro atoms. The van der Waals surface area contributed by atoms with Crippen LogP contribution >= 0.6 is 0 Å². The molecule has 0 amide bonds. The van der Waals surface area contributed by atoms with Crippen molar-refractivity contribution >= 4 is 0 Å². The van der Waals surface area contributed by atoms with Crippen LogP contribution in [-0.4, -0.2) is 4.98 Å². The van der Waals surface area contributed by atoms with Crippen LogP contribution in [-0.2, 0) is 0 Å². The number of nitriles is 1. The number of nitrogens with zero attached hydrogens (tertiary/aromatic N) is 2. The SMILES string of the molecule is Cc1cc(C#N)c(C2CCCC2)cn1. The summed E-state index contributed by atoms with van der Waals surface area (Å²) in [7, 11) is 0. The molecule has 0 radical (unpaired) electrons. The van der Waals surface area contributed by atoms with E-state index < -0.39 is 0 Å². The Hall–Kier alpha value is -1.36. The van der Waals surface area contributed by atoms with Crippen LogP contribution in [0.4, 0.5) is 0 Å². The van der Waals surface area contributed by atoms with Crippen LogP contribution in [0.1, 0.15) is 48.4 Å². The van der Waals surface area contributed by atoms with Crippen LogP contribution in [0.3, 0.4) is 0 Å². The molecule has 1 heterocycles. The summed E-state index contributed by atoms with van der Waals surface area (Å²) in [5, 5.41) is 9.03. The van der Waals surface area contributed by atoms with Gasteiger partial charge in [-0.1, -0.05) is 12.8 Å². The monoisotopic (exact) mass is 186 g/mol. The van der Waals surface area contributed by atoms with Crippen LogP contribution in [0, 0.1) is 18.3 Å². The third-order valence-corrected chi connectivity index (χ3v) is 2.99. The topological polar surface area (TPSA) is 36.7 Å². The molecule has 1 aliphatic rings. The van der Waals surface area contributed by atoms with Gasteiger partial charge in [0.25, 0.3) is 0 Å². The van der Waals surface area contributed by atoms with Gasteiger partial charge in [-0.05, 0) is 37.3 Å². The fourth-order valence-corrected chi connectivity index (χ4v) is 2.23. The van der Waals surface area contributed by atoms with E-state index in [1.54, 1.807) is 0 Å². The highest BCUT2D eigenvalue weighted by molar-refractivity contribution is 5.39. The standard InChI is InChI=1S/C12H14N2/c1-9-6-11(7-13)12(8-14-9)10-4-2-3-5-10/h6,8,10H,2-5H2,1H3. The third kappa shape index (κ3) is 1.63. The van der Waals surface area contributed by atoms with Gasteiger partial charge in [-0.2, -0.15) is 5.26 Å². The maximum atomic E-state index is 9.03. The van der Waals surface area contributed by atoms with E-state index in [2.05, 4.69) is 11.1 Å². The minimum atomic E-state index is 0.581. The minimum absolute atomic E-state index is 0.581. The third-order valence-electron chi connectivity index (χ3n) is 2.99. The number of aromatic nitrogens is 1. The molecule has 2 nitrogen and oxygen atoms in total. The van der Waals surface area contributed by atoms with Crippen molar-refractivity contribution in [3.63, 3.8) is 0 Å². The molecular weight excluding hydrogens is 172 g/mol. The molecule has 2 heteroatoms. The van der Waals surface area contributed by atoms with Crippen LogP contribution < -0.4 is 0 Å². The van der Waals surface area contributed by atoms with E-state index in [0.717, 1.165) is 16.8 Å². The van der Waals surface area contributed by atoms with E-state index >= 15 is 0 Å². The Morgan fingerprint density at radius 2 is 2.14 bits per heavy atom. The van der Waals surface area contributed by atoms with Gasteiger partial charge >= 0.3 is 0 Å². The minimum Gasteiger partial charge on any atom is -0.261 e. The van der Waals surface area contributed by atoms with Gasteiger partial charge in [-0.25, -0.2) is 0 Å². The second-order valence-corrected chi connectivity index (χ2v) is 4.01. The number of rotatable bonds is 1. The Bertz CT molecular complexity index is 370. The molecule has 1 fully saturated rings. The highest BCUT2D eigenvalue weighted by Crippen LogP contribution is 2.35. The summed E-state index contributed by atoms with van der Waals surface area (Å²) in [4.78, 5) is 4.28. The fourth-order valence-electron chi connectivity index (χ4n) is 2.23. The van der Waals surface area contributed by atoms with Gasteiger partial charge < -0.3 is 0 Å². The van der Waals surface area contributed by atoms with Crippen molar-refractivity contribution in [2.24, 2.45) is 0 Å². The van der Waals surface area contributed by atoms with Crippen molar-refractivity contribution in [2.75, 3.05) is 0 Å². The Kier molecular flexibility index (Phi) is 2.49. The Balaban J connectivity index is 2.37. The van der Waals surface area contributed by atoms with Crippen LogP contribution in [0.5, 0.6) is 0 Å². The average Bonchev–Trinajstić information content (AvgIpc) is 2.70. The summed E-state index contributed by atoms with van der Waals surface area (Å²) in [5.41, 5.74) is 2.92. The zero-order chi connectivity index (χ0) is 9.97. The highest BCUT2D eigenvalue weighted by Gasteiger charge is 2.20. The number of aryl methyl sites for hydroxylation is 1. The predicted octanol–water partition coefficient (Wildman–Crippen LogP) is 2.92. The summed E-state index contributed by atoms with van der Waals surface area (Å²) in [5.74, 6) is 0.581. The molecule has 0 unspecified atom stereocenters. The molecule has 0 N–H and O–H groups in total. The maximum absolute atomic E-state index is 9.03. The normalized spacial score (nSPS) is 16.9. The Morgan fingerprint density at radius 3 is 2.79 bits per heavy atom. The summed E-state index contributed by atoms with van der Waals surface area (Å²) >= 11 is 0. The van der Waals surface area contributed by atoms with Crippen LogP contribution in [0.15, 0.2) is 12.3 Å². The van der Waals surface area contributed by atoms with Gasteiger partial charge in [0.2, 0.25) is 0 Å². The first-order valence-electron chi connectivity index (χ1n) is 5.18. The first-order valence-corrected chi connectivity index (χ1v) is 5.18. The number of pyridine rings is 1. The van der Waals surface area contributed by atoms with Crippen molar-refractivity contribution in [2.45, 2.75) is 38.5 Å². The molecule has 1 aromatic rings.